The van der Waals surface area contributed by atoms with Crippen LogP contribution in [0.2, 0.25) is 0 Å². The average molecular weight is 346 g/mol. The van der Waals surface area contributed by atoms with E-state index in [9.17, 15) is 9.50 Å². The lowest BCUT2D eigenvalue weighted by Crippen LogP contribution is -2.48. The molecule has 24 heavy (non-hydrogen) atoms. The highest BCUT2D eigenvalue weighted by atomic mass is 32.2. The van der Waals surface area contributed by atoms with Crippen LogP contribution in [0.15, 0.2) is 59.5 Å². The molecule has 0 spiro atoms. The van der Waals surface area contributed by atoms with Gasteiger partial charge in [0.25, 0.3) is 0 Å². The zero-order valence-electron chi connectivity index (χ0n) is 13.6. The number of aliphatic hydroxyl groups excluding tert-OH is 1. The Bertz CT molecular complexity index is 615. The third kappa shape index (κ3) is 4.97. The molecule has 0 radical (unpaired) electrons. The minimum Gasteiger partial charge on any atom is -0.391 e. The Hall–Kier alpha value is -1.56. The summed E-state index contributed by atoms with van der Waals surface area (Å²) in [6, 6.07) is 16.8. The Balaban J connectivity index is 1.41. The van der Waals surface area contributed by atoms with E-state index >= 15 is 0 Å². The number of hydrogen-bond acceptors (Lipinski definition) is 4. The van der Waals surface area contributed by atoms with Crippen LogP contribution in [0.1, 0.15) is 0 Å². The van der Waals surface area contributed by atoms with E-state index in [0.29, 0.717) is 12.3 Å². The van der Waals surface area contributed by atoms with Gasteiger partial charge in [-0.25, -0.2) is 4.39 Å². The molecule has 0 bridgehead atoms. The summed E-state index contributed by atoms with van der Waals surface area (Å²) in [7, 11) is 0. The molecule has 0 aromatic heterocycles. The number of piperazine rings is 1. The van der Waals surface area contributed by atoms with E-state index in [2.05, 4.69) is 21.9 Å². The number of thioether (sulfide) groups is 1. The molecule has 1 unspecified atom stereocenters. The Morgan fingerprint density at radius 3 is 2.29 bits per heavy atom. The fraction of sp³-hybridized carbons (Fsp3) is 0.368. The third-order valence-electron chi connectivity index (χ3n) is 4.22. The number of nitrogens with zero attached hydrogens (tertiary/aromatic N) is 2. The molecule has 1 aliphatic rings. The van der Waals surface area contributed by atoms with Gasteiger partial charge in [-0.05, 0) is 36.4 Å². The molecule has 0 amide bonds. The van der Waals surface area contributed by atoms with E-state index in [1.165, 1.54) is 17.0 Å². The SMILES string of the molecule is OC(CSc1ccccc1)CN1CCN(c2ccc(F)cc2)CC1. The molecule has 2 aromatic carbocycles. The minimum atomic E-state index is -0.326. The highest BCUT2D eigenvalue weighted by molar-refractivity contribution is 7.99. The zero-order chi connectivity index (χ0) is 16.8. The molecule has 2 aromatic rings. The van der Waals surface area contributed by atoms with Crippen molar-refractivity contribution in [2.75, 3.05) is 43.4 Å². The molecule has 3 nitrogen and oxygen atoms in total. The first-order valence-corrected chi connectivity index (χ1v) is 9.28. The van der Waals surface area contributed by atoms with Gasteiger partial charge >= 0.3 is 0 Å². The van der Waals surface area contributed by atoms with Gasteiger partial charge in [0.15, 0.2) is 0 Å². The Kier molecular flexibility index (Phi) is 6.12. The average Bonchev–Trinajstić information content (AvgIpc) is 2.62. The summed E-state index contributed by atoms with van der Waals surface area (Å²) in [5, 5.41) is 10.3. The normalized spacial score (nSPS) is 17.0. The number of hydrogen-bond donors (Lipinski definition) is 1. The van der Waals surface area contributed by atoms with E-state index in [1.54, 1.807) is 11.8 Å². The lowest BCUT2D eigenvalue weighted by molar-refractivity contribution is 0.126. The van der Waals surface area contributed by atoms with E-state index in [1.807, 2.05) is 30.3 Å². The van der Waals surface area contributed by atoms with Crippen LogP contribution in [-0.2, 0) is 0 Å². The lowest BCUT2D eigenvalue weighted by atomic mass is 10.2. The number of anilines is 1. The number of aliphatic hydroxyl groups is 1. The highest BCUT2D eigenvalue weighted by Gasteiger charge is 2.19. The molecule has 0 aliphatic carbocycles. The summed E-state index contributed by atoms with van der Waals surface area (Å²) in [6.45, 7) is 4.36. The Morgan fingerprint density at radius 2 is 1.62 bits per heavy atom. The second-order valence-corrected chi connectivity index (χ2v) is 7.14. The first kappa shape index (κ1) is 17.3. The zero-order valence-corrected chi connectivity index (χ0v) is 14.5. The second kappa shape index (κ2) is 8.51. The number of halogens is 1. The molecule has 3 rings (SSSR count). The summed E-state index contributed by atoms with van der Waals surface area (Å²) in [5.41, 5.74) is 1.07. The van der Waals surface area contributed by atoms with Gasteiger partial charge in [-0.3, -0.25) is 4.90 Å². The van der Waals surface area contributed by atoms with Gasteiger partial charge in [-0.2, -0.15) is 0 Å². The Labute approximate surface area is 147 Å². The van der Waals surface area contributed by atoms with Crippen LogP contribution in [-0.4, -0.2) is 54.6 Å². The first-order valence-electron chi connectivity index (χ1n) is 8.29. The number of rotatable bonds is 6. The summed E-state index contributed by atoms with van der Waals surface area (Å²) >= 11 is 1.69. The van der Waals surface area contributed by atoms with Crippen molar-refractivity contribution in [2.24, 2.45) is 0 Å². The molecule has 1 N–H and O–H groups in total. The predicted octanol–water partition coefficient (Wildman–Crippen LogP) is 3.10. The van der Waals surface area contributed by atoms with Gasteiger partial charge in [0.05, 0.1) is 6.10 Å². The van der Waals surface area contributed by atoms with Gasteiger partial charge in [-0.1, -0.05) is 18.2 Å². The molecular formula is C19H23FN2OS. The summed E-state index contributed by atoms with van der Waals surface area (Å²) in [5.74, 6) is 0.513. The van der Waals surface area contributed by atoms with Gasteiger partial charge in [0, 0.05) is 49.1 Å². The van der Waals surface area contributed by atoms with Crippen LogP contribution in [0.4, 0.5) is 10.1 Å². The lowest BCUT2D eigenvalue weighted by Gasteiger charge is -2.36. The molecule has 0 saturated carbocycles. The maximum Gasteiger partial charge on any atom is 0.123 e. The predicted molar refractivity (Wildman–Crippen MR) is 98.2 cm³/mol. The van der Waals surface area contributed by atoms with Gasteiger partial charge in [0.2, 0.25) is 0 Å². The fourth-order valence-electron chi connectivity index (χ4n) is 2.90. The van der Waals surface area contributed by atoms with Crippen molar-refractivity contribution in [1.82, 2.24) is 4.90 Å². The molecule has 1 heterocycles. The van der Waals surface area contributed by atoms with E-state index in [4.69, 9.17) is 0 Å². The second-order valence-electron chi connectivity index (χ2n) is 6.04. The van der Waals surface area contributed by atoms with Crippen LogP contribution in [0.25, 0.3) is 0 Å². The van der Waals surface area contributed by atoms with Gasteiger partial charge in [-0.15, -0.1) is 11.8 Å². The van der Waals surface area contributed by atoms with Crippen LogP contribution >= 0.6 is 11.8 Å². The van der Waals surface area contributed by atoms with Gasteiger partial charge in [0.1, 0.15) is 5.82 Å². The van der Waals surface area contributed by atoms with Crippen molar-refractivity contribution >= 4 is 17.4 Å². The van der Waals surface area contributed by atoms with Crippen molar-refractivity contribution in [3.05, 3.63) is 60.4 Å². The number of β-amino-alcohol motifs (C(OH)–C–C–N with tert-alkyl or cyclic N) is 1. The molecule has 5 heteroatoms. The van der Waals surface area contributed by atoms with E-state index < -0.39 is 0 Å². The molecule has 1 atom stereocenters. The van der Waals surface area contributed by atoms with Crippen molar-refractivity contribution in [3.63, 3.8) is 0 Å². The highest BCUT2D eigenvalue weighted by Crippen LogP contribution is 2.19. The number of benzene rings is 2. The molecule has 1 aliphatic heterocycles. The Morgan fingerprint density at radius 1 is 0.958 bits per heavy atom. The summed E-state index contributed by atoms with van der Waals surface area (Å²) < 4.78 is 13.0. The van der Waals surface area contributed by atoms with Crippen molar-refractivity contribution < 1.29 is 9.50 Å². The standard InChI is InChI=1S/C19H23FN2OS/c20-16-6-8-17(9-7-16)22-12-10-21(11-13-22)14-18(23)15-24-19-4-2-1-3-5-19/h1-9,18,23H,10-15H2. The largest absolute Gasteiger partial charge is 0.391 e. The third-order valence-corrected chi connectivity index (χ3v) is 5.38. The molecule has 1 saturated heterocycles. The monoisotopic (exact) mass is 346 g/mol. The molecular weight excluding hydrogens is 323 g/mol. The molecule has 128 valence electrons. The van der Waals surface area contributed by atoms with Crippen molar-refractivity contribution in [2.45, 2.75) is 11.0 Å². The van der Waals surface area contributed by atoms with Gasteiger partial charge < -0.3 is 10.0 Å². The smallest absolute Gasteiger partial charge is 0.123 e. The van der Waals surface area contributed by atoms with Crippen LogP contribution < -0.4 is 4.90 Å². The van der Waals surface area contributed by atoms with Crippen molar-refractivity contribution in [1.29, 1.82) is 0 Å². The molecule has 1 fully saturated rings. The summed E-state index contributed by atoms with van der Waals surface area (Å²) in [4.78, 5) is 5.76. The topological polar surface area (TPSA) is 26.7 Å². The van der Waals surface area contributed by atoms with Crippen molar-refractivity contribution in [3.8, 4) is 0 Å². The fourth-order valence-corrected chi connectivity index (χ4v) is 3.74. The maximum atomic E-state index is 13.0. The van der Waals surface area contributed by atoms with Crippen LogP contribution in [0.5, 0.6) is 0 Å². The van der Waals surface area contributed by atoms with E-state index in [-0.39, 0.29) is 11.9 Å². The van der Waals surface area contributed by atoms with Crippen LogP contribution in [0, 0.1) is 5.82 Å². The quantitative estimate of drug-likeness (QED) is 0.813. The van der Waals surface area contributed by atoms with Crippen LogP contribution in [0.3, 0.4) is 0 Å². The minimum absolute atomic E-state index is 0.198. The van der Waals surface area contributed by atoms with E-state index in [0.717, 1.165) is 31.9 Å². The summed E-state index contributed by atoms with van der Waals surface area (Å²) in [6.07, 6.45) is -0.326. The maximum absolute atomic E-state index is 13.0. The first-order chi connectivity index (χ1) is 11.7.